The second-order valence-corrected chi connectivity index (χ2v) is 5.65. The monoisotopic (exact) mass is 307 g/mol. The van der Waals surface area contributed by atoms with Gasteiger partial charge in [-0.25, -0.2) is 4.79 Å². The minimum Gasteiger partial charge on any atom is -0.445 e. The van der Waals surface area contributed by atoms with Crippen LogP contribution in [0.15, 0.2) is 30.3 Å². The van der Waals surface area contributed by atoms with Gasteiger partial charge in [-0.1, -0.05) is 30.3 Å². The SMILES string of the molecule is O=C(OCc1ccccc1)N1CCCC(COCCCO)C1. The summed E-state index contributed by atoms with van der Waals surface area (Å²) in [5, 5.41) is 8.72. The van der Waals surface area contributed by atoms with Gasteiger partial charge in [-0.05, 0) is 24.8 Å². The van der Waals surface area contributed by atoms with Crippen molar-refractivity contribution in [2.45, 2.75) is 25.9 Å². The van der Waals surface area contributed by atoms with Gasteiger partial charge in [0, 0.05) is 32.2 Å². The molecular weight excluding hydrogens is 282 g/mol. The normalized spacial score (nSPS) is 18.2. The topological polar surface area (TPSA) is 59.0 Å². The molecule has 1 unspecified atom stereocenters. The summed E-state index contributed by atoms with van der Waals surface area (Å²) in [6.07, 6.45) is 2.47. The molecule has 1 atom stereocenters. The third-order valence-corrected chi connectivity index (χ3v) is 3.78. The van der Waals surface area contributed by atoms with Crippen LogP contribution in [0.5, 0.6) is 0 Å². The van der Waals surface area contributed by atoms with Crippen molar-refractivity contribution in [1.82, 2.24) is 4.90 Å². The molecule has 1 fully saturated rings. The molecule has 0 aliphatic carbocycles. The van der Waals surface area contributed by atoms with Crippen LogP contribution < -0.4 is 0 Å². The van der Waals surface area contributed by atoms with Crippen molar-refractivity contribution in [3.63, 3.8) is 0 Å². The van der Waals surface area contributed by atoms with Gasteiger partial charge in [-0.3, -0.25) is 0 Å². The third kappa shape index (κ3) is 5.66. The van der Waals surface area contributed by atoms with E-state index in [1.54, 1.807) is 4.90 Å². The second kappa shape index (κ2) is 9.43. The van der Waals surface area contributed by atoms with Crippen molar-refractivity contribution in [2.75, 3.05) is 32.9 Å². The van der Waals surface area contributed by atoms with Crippen molar-refractivity contribution >= 4 is 6.09 Å². The number of aliphatic hydroxyl groups excluding tert-OH is 1. The van der Waals surface area contributed by atoms with Crippen LogP contribution in [0.3, 0.4) is 0 Å². The van der Waals surface area contributed by atoms with E-state index >= 15 is 0 Å². The molecule has 0 aromatic heterocycles. The average molecular weight is 307 g/mol. The Morgan fingerprint density at radius 1 is 1.32 bits per heavy atom. The lowest BCUT2D eigenvalue weighted by molar-refractivity contribution is 0.0422. The van der Waals surface area contributed by atoms with Crippen LogP contribution in [0.1, 0.15) is 24.8 Å². The quantitative estimate of drug-likeness (QED) is 0.786. The maximum Gasteiger partial charge on any atom is 0.410 e. The van der Waals surface area contributed by atoms with Crippen LogP contribution in [-0.2, 0) is 16.1 Å². The molecule has 1 saturated heterocycles. The van der Waals surface area contributed by atoms with E-state index in [4.69, 9.17) is 14.6 Å². The standard InChI is InChI=1S/C17H25NO4/c19-10-5-11-21-13-16-8-4-9-18(12-16)17(20)22-14-15-6-2-1-3-7-15/h1-3,6-7,16,19H,4-5,8-14H2. The summed E-state index contributed by atoms with van der Waals surface area (Å²) in [7, 11) is 0. The number of carbonyl (C=O) groups excluding carboxylic acids is 1. The van der Waals surface area contributed by atoms with E-state index in [1.807, 2.05) is 30.3 Å². The molecule has 22 heavy (non-hydrogen) atoms. The molecule has 0 bridgehead atoms. The zero-order valence-electron chi connectivity index (χ0n) is 12.9. The van der Waals surface area contributed by atoms with Gasteiger partial charge in [-0.2, -0.15) is 0 Å². The van der Waals surface area contributed by atoms with E-state index in [9.17, 15) is 4.79 Å². The zero-order valence-corrected chi connectivity index (χ0v) is 12.9. The van der Waals surface area contributed by atoms with Crippen LogP contribution >= 0.6 is 0 Å². The largest absolute Gasteiger partial charge is 0.445 e. The lowest BCUT2D eigenvalue weighted by Gasteiger charge is -2.31. The predicted molar refractivity (Wildman–Crippen MR) is 83.4 cm³/mol. The number of amides is 1. The molecule has 5 heteroatoms. The van der Waals surface area contributed by atoms with Crippen molar-refractivity contribution in [3.8, 4) is 0 Å². The number of carbonyl (C=O) groups is 1. The first-order chi connectivity index (χ1) is 10.8. The molecule has 1 aliphatic rings. The molecule has 1 aliphatic heterocycles. The van der Waals surface area contributed by atoms with Gasteiger partial charge in [0.05, 0.1) is 6.61 Å². The van der Waals surface area contributed by atoms with Crippen LogP contribution in [-0.4, -0.2) is 49.0 Å². The highest BCUT2D eigenvalue weighted by Gasteiger charge is 2.24. The fourth-order valence-electron chi connectivity index (χ4n) is 2.59. The van der Waals surface area contributed by atoms with E-state index in [0.717, 1.165) is 24.9 Å². The molecule has 2 rings (SSSR count). The lowest BCUT2D eigenvalue weighted by atomic mass is 9.99. The van der Waals surface area contributed by atoms with Gasteiger partial charge in [-0.15, -0.1) is 0 Å². The minimum atomic E-state index is -0.246. The van der Waals surface area contributed by atoms with Gasteiger partial charge < -0.3 is 19.5 Å². The van der Waals surface area contributed by atoms with E-state index in [2.05, 4.69) is 0 Å². The molecule has 0 spiro atoms. The average Bonchev–Trinajstić information content (AvgIpc) is 2.58. The summed E-state index contributed by atoms with van der Waals surface area (Å²) < 4.78 is 10.9. The molecule has 1 aromatic carbocycles. The van der Waals surface area contributed by atoms with Gasteiger partial charge in [0.1, 0.15) is 6.61 Å². The molecule has 0 saturated carbocycles. The molecular formula is C17H25NO4. The van der Waals surface area contributed by atoms with Crippen LogP contribution in [0.25, 0.3) is 0 Å². The molecule has 1 aromatic rings. The summed E-state index contributed by atoms with van der Waals surface area (Å²) in [5.74, 6) is 0.358. The Balaban J connectivity index is 1.70. The van der Waals surface area contributed by atoms with E-state index in [-0.39, 0.29) is 12.7 Å². The third-order valence-electron chi connectivity index (χ3n) is 3.78. The Morgan fingerprint density at radius 3 is 2.91 bits per heavy atom. The summed E-state index contributed by atoms with van der Waals surface area (Å²) in [6.45, 7) is 3.12. The highest BCUT2D eigenvalue weighted by molar-refractivity contribution is 5.67. The fraction of sp³-hybridized carbons (Fsp3) is 0.588. The fourth-order valence-corrected chi connectivity index (χ4v) is 2.59. The number of aliphatic hydroxyl groups is 1. The Bertz CT molecular complexity index is 438. The number of piperidine rings is 1. The van der Waals surface area contributed by atoms with Gasteiger partial charge >= 0.3 is 6.09 Å². The summed E-state index contributed by atoms with van der Waals surface area (Å²) in [4.78, 5) is 13.9. The van der Waals surface area contributed by atoms with Crippen molar-refractivity contribution in [2.24, 2.45) is 5.92 Å². The Hall–Kier alpha value is -1.59. The highest BCUT2D eigenvalue weighted by atomic mass is 16.6. The predicted octanol–water partition coefficient (Wildman–Crippen LogP) is 2.43. The summed E-state index contributed by atoms with van der Waals surface area (Å²) >= 11 is 0. The van der Waals surface area contributed by atoms with Crippen LogP contribution in [0, 0.1) is 5.92 Å². The summed E-state index contributed by atoms with van der Waals surface area (Å²) in [6, 6.07) is 9.70. The summed E-state index contributed by atoms with van der Waals surface area (Å²) in [5.41, 5.74) is 0.997. The first kappa shape index (κ1) is 16.8. The Labute approximate surface area is 131 Å². The molecule has 1 N–H and O–H groups in total. The van der Waals surface area contributed by atoms with Crippen LogP contribution in [0.2, 0.25) is 0 Å². The van der Waals surface area contributed by atoms with E-state index < -0.39 is 0 Å². The molecule has 0 radical (unpaired) electrons. The maximum absolute atomic E-state index is 12.1. The first-order valence-electron chi connectivity index (χ1n) is 7.94. The van der Waals surface area contributed by atoms with E-state index in [0.29, 0.717) is 38.7 Å². The molecule has 5 nitrogen and oxygen atoms in total. The van der Waals surface area contributed by atoms with Crippen LogP contribution in [0.4, 0.5) is 4.79 Å². The second-order valence-electron chi connectivity index (χ2n) is 5.65. The van der Waals surface area contributed by atoms with E-state index in [1.165, 1.54) is 0 Å². The highest BCUT2D eigenvalue weighted by Crippen LogP contribution is 2.18. The van der Waals surface area contributed by atoms with Crippen molar-refractivity contribution in [1.29, 1.82) is 0 Å². The number of ether oxygens (including phenoxy) is 2. The van der Waals surface area contributed by atoms with Crippen molar-refractivity contribution in [3.05, 3.63) is 35.9 Å². The van der Waals surface area contributed by atoms with Gasteiger partial charge in [0.2, 0.25) is 0 Å². The maximum atomic E-state index is 12.1. The Kier molecular flexibility index (Phi) is 7.19. The number of hydrogen-bond acceptors (Lipinski definition) is 4. The number of likely N-dealkylation sites (tertiary alicyclic amines) is 1. The lowest BCUT2D eigenvalue weighted by Crippen LogP contribution is -2.41. The first-order valence-corrected chi connectivity index (χ1v) is 7.94. The number of nitrogens with zero attached hydrogens (tertiary/aromatic N) is 1. The molecule has 122 valence electrons. The molecule has 1 amide bonds. The molecule has 1 heterocycles. The Morgan fingerprint density at radius 2 is 2.14 bits per heavy atom. The smallest absolute Gasteiger partial charge is 0.410 e. The van der Waals surface area contributed by atoms with Gasteiger partial charge in [0.25, 0.3) is 0 Å². The van der Waals surface area contributed by atoms with Gasteiger partial charge in [0.15, 0.2) is 0 Å². The number of hydrogen-bond donors (Lipinski definition) is 1. The van der Waals surface area contributed by atoms with Crippen molar-refractivity contribution < 1.29 is 19.4 Å². The number of benzene rings is 1. The zero-order chi connectivity index (χ0) is 15.6. The number of rotatable bonds is 7. The minimum absolute atomic E-state index is 0.155.